The molecular formula is C20H16BrNO5. The van der Waals surface area contributed by atoms with Crippen LogP contribution in [0.25, 0.3) is 11.0 Å². The van der Waals surface area contributed by atoms with Crippen LogP contribution in [0.15, 0.2) is 51.4 Å². The molecule has 2 heterocycles. The summed E-state index contributed by atoms with van der Waals surface area (Å²) >= 11 is 3.41. The van der Waals surface area contributed by atoms with E-state index in [0.29, 0.717) is 23.6 Å². The zero-order valence-electron chi connectivity index (χ0n) is 14.5. The molecule has 1 N–H and O–H groups in total. The Hall–Kier alpha value is -2.80. The van der Waals surface area contributed by atoms with Crippen molar-refractivity contribution in [3.63, 3.8) is 0 Å². The lowest BCUT2D eigenvalue weighted by molar-refractivity contribution is -0.135. The lowest BCUT2D eigenvalue weighted by Gasteiger charge is -2.21. The molecule has 1 aromatic heterocycles. The number of carbonyl (C=O) groups is 2. The van der Waals surface area contributed by atoms with Gasteiger partial charge in [-0.2, -0.15) is 0 Å². The maximum absolute atomic E-state index is 12.1. The molecule has 4 rings (SSSR count). The van der Waals surface area contributed by atoms with Crippen molar-refractivity contribution >= 4 is 44.6 Å². The second kappa shape index (κ2) is 7.08. The van der Waals surface area contributed by atoms with Gasteiger partial charge in [-0.3, -0.25) is 10.1 Å². The number of furan rings is 1. The van der Waals surface area contributed by atoms with Crippen LogP contribution in [0.1, 0.15) is 30.6 Å². The predicted octanol–water partition coefficient (Wildman–Crippen LogP) is 5.36. The summed E-state index contributed by atoms with van der Waals surface area (Å²) in [6.45, 7) is 1.97. The SMILES string of the molecule is CC1CC(=O)Oc2cc(NC(=O)OCc3cc4cc(Br)ccc4o3)ccc21. The fraction of sp³-hybridized carbons (Fsp3) is 0.200. The summed E-state index contributed by atoms with van der Waals surface area (Å²) in [6.07, 6.45) is -0.262. The summed E-state index contributed by atoms with van der Waals surface area (Å²) < 4.78 is 17.0. The highest BCUT2D eigenvalue weighted by Gasteiger charge is 2.24. The average molecular weight is 430 g/mol. The lowest BCUT2D eigenvalue weighted by atomic mass is 9.94. The number of hydrogen-bond donors (Lipinski definition) is 1. The van der Waals surface area contributed by atoms with Gasteiger partial charge in [-0.15, -0.1) is 0 Å². The molecular weight excluding hydrogens is 414 g/mol. The largest absolute Gasteiger partial charge is 0.457 e. The third-order valence-corrected chi connectivity index (χ3v) is 4.86. The number of nitrogens with one attached hydrogen (secondary N) is 1. The van der Waals surface area contributed by atoms with E-state index >= 15 is 0 Å². The Balaban J connectivity index is 1.40. The lowest BCUT2D eigenvalue weighted by Crippen LogP contribution is -2.19. The number of esters is 1. The Bertz CT molecular complexity index is 1040. The zero-order valence-corrected chi connectivity index (χ0v) is 16.0. The highest BCUT2D eigenvalue weighted by Crippen LogP contribution is 2.35. The highest BCUT2D eigenvalue weighted by molar-refractivity contribution is 9.10. The third-order valence-electron chi connectivity index (χ3n) is 4.36. The number of ether oxygens (including phenoxy) is 2. The zero-order chi connectivity index (χ0) is 19.0. The summed E-state index contributed by atoms with van der Waals surface area (Å²) in [5.41, 5.74) is 2.17. The van der Waals surface area contributed by atoms with Crippen LogP contribution in [-0.4, -0.2) is 12.1 Å². The first-order chi connectivity index (χ1) is 13.0. The van der Waals surface area contributed by atoms with E-state index in [4.69, 9.17) is 13.9 Å². The predicted molar refractivity (Wildman–Crippen MR) is 103 cm³/mol. The molecule has 6 nitrogen and oxygen atoms in total. The van der Waals surface area contributed by atoms with Crippen molar-refractivity contribution in [2.24, 2.45) is 0 Å². The summed E-state index contributed by atoms with van der Waals surface area (Å²) in [6, 6.07) is 12.7. The van der Waals surface area contributed by atoms with Gasteiger partial charge in [0.2, 0.25) is 0 Å². The molecule has 1 unspecified atom stereocenters. The van der Waals surface area contributed by atoms with E-state index in [9.17, 15) is 9.59 Å². The minimum atomic E-state index is -0.619. The number of rotatable bonds is 3. The minimum absolute atomic E-state index is 0.00902. The maximum Gasteiger partial charge on any atom is 0.412 e. The molecule has 0 aliphatic carbocycles. The van der Waals surface area contributed by atoms with Crippen LogP contribution in [0.2, 0.25) is 0 Å². The second-order valence-electron chi connectivity index (χ2n) is 6.43. The van der Waals surface area contributed by atoms with Gasteiger partial charge >= 0.3 is 12.1 Å². The summed E-state index contributed by atoms with van der Waals surface area (Å²) in [5, 5.41) is 3.56. The van der Waals surface area contributed by atoms with Gasteiger partial charge in [-0.25, -0.2) is 4.79 Å². The van der Waals surface area contributed by atoms with Crippen LogP contribution in [-0.2, 0) is 16.1 Å². The maximum atomic E-state index is 12.1. The van der Waals surface area contributed by atoms with Crippen LogP contribution >= 0.6 is 15.9 Å². The Morgan fingerprint density at radius 1 is 1.26 bits per heavy atom. The molecule has 1 amide bonds. The minimum Gasteiger partial charge on any atom is -0.457 e. The van der Waals surface area contributed by atoms with E-state index in [1.165, 1.54) is 0 Å². The first-order valence-electron chi connectivity index (χ1n) is 8.44. The van der Waals surface area contributed by atoms with Gasteiger partial charge in [0.05, 0.1) is 6.42 Å². The van der Waals surface area contributed by atoms with E-state index in [0.717, 1.165) is 21.0 Å². The van der Waals surface area contributed by atoms with Gasteiger partial charge in [0.15, 0.2) is 6.61 Å². The quantitative estimate of drug-likeness (QED) is 0.447. The normalized spacial score (nSPS) is 15.9. The first-order valence-corrected chi connectivity index (χ1v) is 9.23. The molecule has 1 aliphatic rings. The standard InChI is InChI=1S/C20H16BrNO5/c1-11-6-19(23)27-18-9-14(3-4-16(11)18)22-20(24)25-10-15-8-12-7-13(21)2-5-17(12)26-15/h2-5,7-9,11H,6,10H2,1H3,(H,22,24). The summed E-state index contributed by atoms with van der Waals surface area (Å²) in [4.78, 5) is 23.6. The van der Waals surface area contributed by atoms with Gasteiger partial charge in [0, 0.05) is 21.6 Å². The first kappa shape index (κ1) is 17.6. The molecule has 7 heteroatoms. The average Bonchev–Trinajstić information content (AvgIpc) is 3.01. The molecule has 3 aromatic rings. The summed E-state index contributed by atoms with van der Waals surface area (Å²) in [7, 11) is 0. The van der Waals surface area contributed by atoms with Gasteiger partial charge in [0.1, 0.15) is 17.1 Å². The molecule has 0 spiro atoms. The fourth-order valence-corrected chi connectivity index (χ4v) is 3.44. The molecule has 0 fully saturated rings. The Kier molecular flexibility index (Phi) is 4.61. The summed E-state index contributed by atoms with van der Waals surface area (Å²) in [5.74, 6) is 0.840. The van der Waals surface area contributed by atoms with Crippen LogP contribution in [0.3, 0.4) is 0 Å². The smallest absolute Gasteiger partial charge is 0.412 e. The van der Waals surface area contributed by atoms with Crippen molar-refractivity contribution in [2.75, 3.05) is 5.32 Å². The topological polar surface area (TPSA) is 77.8 Å². The molecule has 2 aromatic carbocycles. The Morgan fingerprint density at radius 2 is 2.11 bits per heavy atom. The fourth-order valence-electron chi connectivity index (χ4n) is 3.06. The Labute approximate surface area is 163 Å². The van der Waals surface area contributed by atoms with Crippen molar-refractivity contribution < 1.29 is 23.5 Å². The number of amides is 1. The number of anilines is 1. The van der Waals surface area contributed by atoms with Gasteiger partial charge < -0.3 is 13.9 Å². The molecule has 0 radical (unpaired) electrons. The second-order valence-corrected chi connectivity index (χ2v) is 7.34. The van der Waals surface area contributed by atoms with E-state index < -0.39 is 6.09 Å². The number of carbonyl (C=O) groups excluding carboxylic acids is 2. The van der Waals surface area contributed by atoms with Gasteiger partial charge in [-0.1, -0.05) is 28.9 Å². The van der Waals surface area contributed by atoms with Gasteiger partial charge in [-0.05, 0) is 41.8 Å². The van der Waals surface area contributed by atoms with Crippen LogP contribution in [0.4, 0.5) is 10.5 Å². The van der Waals surface area contributed by atoms with E-state index in [1.807, 2.05) is 37.3 Å². The number of benzene rings is 2. The molecule has 0 saturated carbocycles. The van der Waals surface area contributed by atoms with Crippen LogP contribution in [0, 0.1) is 0 Å². The molecule has 27 heavy (non-hydrogen) atoms. The van der Waals surface area contributed by atoms with Crippen molar-refractivity contribution in [1.82, 2.24) is 0 Å². The third kappa shape index (κ3) is 3.83. The van der Waals surface area contributed by atoms with Crippen LogP contribution < -0.4 is 10.1 Å². The Morgan fingerprint density at radius 3 is 2.96 bits per heavy atom. The van der Waals surface area contributed by atoms with Crippen molar-refractivity contribution in [2.45, 2.75) is 25.9 Å². The van der Waals surface area contributed by atoms with Crippen molar-refractivity contribution in [3.8, 4) is 5.75 Å². The van der Waals surface area contributed by atoms with Crippen LogP contribution in [0.5, 0.6) is 5.75 Å². The van der Waals surface area contributed by atoms with Crippen molar-refractivity contribution in [3.05, 3.63) is 58.3 Å². The van der Waals surface area contributed by atoms with Gasteiger partial charge in [0.25, 0.3) is 0 Å². The number of halogens is 1. The van der Waals surface area contributed by atoms with Crippen molar-refractivity contribution in [1.29, 1.82) is 0 Å². The van der Waals surface area contributed by atoms with E-state index in [-0.39, 0.29) is 18.5 Å². The molecule has 1 aliphatic heterocycles. The number of fused-ring (bicyclic) bond motifs is 2. The van der Waals surface area contributed by atoms with E-state index in [1.54, 1.807) is 12.1 Å². The highest BCUT2D eigenvalue weighted by atomic mass is 79.9. The molecule has 1 atom stereocenters. The molecule has 0 bridgehead atoms. The number of hydrogen-bond acceptors (Lipinski definition) is 5. The van der Waals surface area contributed by atoms with E-state index in [2.05, 4.69) is 21.2 Å². The molecule has 0 saturated heterocycles. The molecule has 138 valence electrons. The monoisotopic (exact) mass is 429 g/mol.